The first-order chi connectivity index (χ1) is 15.0. The van der Waals surface area contributed by atoms with Gasteiger partial charge in [0.2, 0.25) is 11.8 Å². The number of nitrogens with zero attached hydrogens (tertiary/aromatic N) is 4. The second-order valence-corrected chi connectivity index (χ2v) is 8.02. The smallest absolute Gasteiger partial charge is 0.290 e. The Kier molecular flexibility index (Phi) is 8.02. The number of thioether (sulfide) groups is 1. The molecule has 31 heavy (non-hydrogen) atoms. The van der Waals surface area contributed by atoms with Gasteiger partial charge in [-0.05, 0) is 36.5 Å². The lowest BCUT2D eigenvalue weighted by Crippen LogP contribution is -2.33. The molecule has 8 nitrogen and oxygen atoms in total. The van der Waals surface area contributed by atoms with Crippen LogP contribution in [0.2, 0.25) is 0 Å². The third-order valence-electron chi connectivity index (χ3n) is 4.85. The highest BCUT2D eigenvalue weighted by atomic mass is 32.2. The molecule has 1 aromatic carbocycles. The fourth-order valence-corrected chi connectivity index (χ4v) is 3.63. The van der Waals surface area contributed by atoms with Crippen LogP contribution in [0.25, 0.3) is 6.08 Å². The summed E-state index contributed by atoms with van der Waals surface area (Å²) < 4.78 is 5.91. The minimum atomic E-state index is -0.420. The molecule has 0 radical (unpaired) electrons. The molecular formula is C22H27N5O3S. The van der Waals surface area contributed by atoms with Gasteiger partial charge in [-0.25, -0.2) is 4.98 Å². The summed E-state index contributed by atoms with van der Waals surface area (Å²) in [7, 11) is 1.93. The third kappa shape index (κ3) is 6.53. The standard InChI is InChI=1S/C22H27N5O3S/c1-4-27(5-2)12-11-26(3)21-23-17(13-18-20(28)25-22(29)31-18)14-19(24-21)30-15-16-9-7-6-8-10-16/h6-10,13-14H,4-5,11-12,15H2,1-3H3,(H,25,28,29). The van der Waals surface area contributed by atoms with Crippen molar-refractivity contribution in [2.45, 2.75) is 20.5 Å². The fourth-order valence-electron chi connectivity index (χ4n) is 2.97. The average Bonchev–Trinajstić information content (AvgIpc) is 3.09. The number of rotatable bonds is 10. The zero-order valence-electron chi connectivity index (χ0n) is 18.0. The van der Waals surface area contributed by atoms with E-state index in [1.165, 1.54) is 0 Å². The molecule has 0 bridgehead atoms. The molecule has 1 saturated heterocycles. The van der Waals surface area contributed by atoms with Gasteiger partial charge in [0, 0.05) is 26.2 Å². The van der Waals surface area contributed by atoms with Gasteiger partial charge in [-0.3, -0.25) is 14.9 Å². The van der Waals surface area contributed by atoms with Gasteiger partial charge in [-0.2, -0.15) is 4.98 Å². The van der Waals surface area contributed by atoms with Gasteiger partial charge in [-0.15, -0.1) is 0 Å². The topological polar surface area (TPSA) is 87.7 Å². The van der Waals surface area contributed by atoms with Crippen molar-refractivity contribution >= 4 is 34.9 Å². The van der Waals surface area contributed by atoms with Crippen molar-refractivity contribution in [3.63, 3.8) is 0 Å². The number of amides is 2. The van der Waals surface area contributed by atoms with Gasteiger partial charge in [0.15, 0.2) is 0 Å². The maximum absolute atomic E-state index is 11.9. The van der Waals surface area contributed by atoms with Crippen molar-refractivity contribution in [3.05, 3.63) is 52.6 Å². The van der Waals surface area contributed by atoms with E-state index in [0.717, 1.165) is 43.5 Å². The van der Waals surface area contributed by atoms with Gasteiger partial charge in [0.25, 0.3) is 11.1 Å². The number of carbonyl (C=O) groups excluding carboxylic acids is 2. The Morgan fingerprint density at radius 3 is 2.48 bits per heavy atom. The molecule has 1 fully saturated rings. The van der Waals surface area contributed by atoms with Crippen molar-refractivity contribution in [1.29, 1.82) is 0 Å². The third-order valence-corrected chi connectivity index (χ3v) is 5.66. The highest BCUT2D eigenvalue weighted by molar-refractivity contribution is 8.18. The van der Waals surface area contributed by atoms with Crippen LogP contribution < -0.4 is 15.0 Å². The molecule has 3 rings (SSSR count). The minimum absolute atomic E-state index is 0.300. The molecule has 2 amide bonds. The normalized spacial score (nSPS) is 14.9. The molecule has 2 aromatic rings. The molecule has 0 spiro atoms. The molecule has 164 valence electrons. The summed E-state index contributed by atoms with van der Waals surface area (Å²) in [6.07, 6.45) is 1.59. The van der Waals surface area contributed by atoms with Gasteiger partial charge < -0.3 is 14.5 Å². The first-order valence-corrected chi connectivity index (χ1v) is 11.0. The van der Waals surface area contributed by atoms with Crippen molar-refractivity contribution in [3.8, 4) is 5.88 Å². The van der Waals surface area contributed by atoms with Gasteiger partial charge in [-0.1, -0.05) is 44.2 Å². The second kappa shape index (κ2) is 10.9. The number of aromatic nitrogens is 2. The number of anilines is 1. The number of likely N-dealkylation sites (N-methyl/N-ethyl adjacent to an activating group) is 2. The van der Waals surface area contributed by atoms with Crippen molar-refractivity contribution in [1.82, 2.24) is 20.2 Å². The molecule has 1 aliphatic heterocycles. The molecule has 0 unspecified atom stereocenters. The summed E-state index contributed by atoms with van der Waals surface area (Å²) in [5.41, 5.74) is 1.53. The van der Waals surface area contributed by atoms with Crippen LogP contribution in [0.5, 0.6) is 5.88 Å². The van der Waals surface area contributed by atoms with E-state index >= 15 is 0 Å². The summed E-state index contributed by atoms with van der Waals surface area (Å²) >= 11 is 0.859. The number of nitrogens with one attached hydrogen (secondary N) is 1. The molecule has 2 heterocycles. The molecule has 1 aromatic heterocycles. The number of ether oxygens (including phenoxy) is 1. The van der Waals surface area contributed by atoms with E-state index in [1.807, 2.05) is 42.3 Å². The number of imide groups is 1. The second-order valence-electron chi connectivity index (χ2n) is 7.01. The highest BCUT2D eigenvalue weighted by Gasteiger charge is 2.25. The summed E-state index contributed by atoms with van der Waals surface area (Å²) in [5, 5.41) is 1.87. The van der Waals surface area contributed by atoms with E-state index in [-0.39, 0.29) is 5.24 Å². The Morgan fingerprint density at radius 1 is 1.10 bits per heavy atom. The average molecular weight is 442 g/mol. The van der Waals surface area contributed by atoms with Crippen LogP contribution in [0, 0.1) is 0 Å². The van der Waals surface area contributed by atoms with Crippen LogP contribution in [0.4, 0.5) is 10.7 Å². The largest absolute Gasteiger partial charge is 0.473 e. The van der Waals surface area contributed by atoms with Crippen LogP contribution in [-0.2, 0) is 11.4 Å². The minimum Gasteiger partial charge on any atom is -0.473 e. The quantitative estimate of drug-likeness (QED) is 0.563. The van der Waals surface area contributed by atoms with Crippen molar-refractivity contribution in [2.24, 2.45) is 0 Å². The first-order valence-electron chi connectivity index (χ1n) is 10.2. The lowest BCUT2D eigenvalue weighted by atomic mass is 10.2. The van der Waals surface area contributed by atoms with E-state index in [4.69, 9.17) is 4.74 Å². The molecule has 0 atom stereocenters. The van der Waals surface area contributed by atoms with E-state index in [9.17, 15) is 9.59 Å². The SMILES string of the molecule is CCN(CC)CCN(C)c1nc(C=C2SC(=O)NC2=O)cc(OCc2ccccc2)n1. The Labute approximate surface area is 186 Å². The lowest BCUT2D eigenvalue weighted by Gasteiger charge is -2.23. The molecule has 1 aliphatic rings. The summed E-state index contributed by atoms with van der Waals surface area (Å²) in [5.74, 6) is 0.487. The van der Waals surface area contributed by atoms with Crippen LogP contribution in [0.15, 0.2) is 41.3 Å². The van der Waals surface area contributed by atoms with Gasteiger partial charge >= 0.3 is 0 Å². The number of hydrogen-bond acceptors (Lipinski definition) is 8. The van der Waals surface area contributed by atoms with Crippen LogP contribution in [-0.4, -0.2) is 59.2 Å². The van der Waals surface area contributed by atoms with E-state index in [2.05, 4.69) is 34.0 Å². The fraction of sp³-hybridized carbons (Fsp3) is 0.364. The van der Waals surface area contributed by atoms with Crippen molar-refractivity contribution < 1.29 is 14.3 Å². The maximum Gasteiger partial charge on any atom is 0.290 e. The van der Waals surface area contributed by atoms with Crippen LogP contribution in [0.3, 0.4) is 0 Å². The van der Waals surface area contributed by atoms with Gasteiger partial charge in [0.1, 0.15) is 6.61 Å². The van der Waals surface area contributed by atoms with Crippen molar-refractivity contribution in [2.75, 3.05) is 38.1 Å². The van der Waals surface area contributed by atoms with E-state index in [0.29, 0.717) is 29.0 Å². The van der Waals surface area contributed by atoms with Gasteiger partial charge in [0.05, 0.1) is 10.6 Å². The van der Waals surface area contributed by atoms with E-state index < -0.39 is 5.91 Å². The summed E-state index contributed by atoms with van der Waals surface area (Å²) in [6.45, 7) is 8.21. The Hall–Kier alpha value is -2.91. The Morgan fingerprint density at radius 2 is 1.84 bits per heavy atom. The molecule has 1 N–H and O–H groups in total. The summed E-state index contributed by atoms with van der Waals surface area (Å²) in [6, 6.07) is 11.5. The molecule has 0 aliphatic carbocycles. The lowest BCUT2D eigenvalue weighted by molar-refractivity contribution is -0.115. The molecule has 9 heteroatoms. The first kappa shape index (κ1) is 22.8. The molecule has 0 saturated carbocycles. The molecular weight excluding hydrogens is 414 g/mol. The number of hydrogen-bond donors (Lipinski definition) is 1. The highest BCUT2D eigenvalue weighted by Crippen LogP contribution is 2.26. The van der Waals surface area contributed by atoms with E-state index in [1.54, 1.807) is 12.1 Å². The number of benzene rings is 1. The predicted octanol–water partition coefficient (Wildman–Crippen LogP) is 3.16. The maximum atomic E-state index is 11.9. The van der Waals surface area contributed by atoms with Crippen LogP contribution >= 0.6 is 11.8 Å². The van der Waals surface area contributed by atoms with Crippen LogP contribution in [0.1, 0.15) is 25.1 Å². The zero-order chi connectivity index (χ0) is 22.2. The predicted molar refractivity (Wildman–Crippen MR) is 123 cm³/mol. The Bertz CT molecular complexity index is 947. The zero-order valence-corrected chi connectivity index (χ0v) is 18.8. The Balaban J connectivity index is 1.83. The number of carbonyl (C=O) groups is 2. The summed E-state index contributed by atoms with van der Waals surface area (Å²) in [4.78, 5) is 37.1. The monoisotopic (exact) mass is 441 g/mol.